The molecule has 5 heteroatoms. The molecule has 3 rings (SSSR count). The second-order valence-corrected chi connectivity index (χ2v) is 5.21. The molecule has 120 valence electrons. The van der Waals surface area contributed by atoms with E-state index < -0.39 is 0 Å². The molecular formula is C19H14O5. The summed E-state index contributed by atoms with van der Waals surface area (Å²) >= 11 is 0. The Bertz CT molecular complexity index is 988. The predicted molar refractivity (Wildman–Crippen MR) is 90.7 cm³/mol. The molecule has 0 radical (unpaired) electrons. The number of benzene rings is 3. The van der Waals surface area contributed by atoms with Crippen molar-refractivity contribution in [3.63, 3.8) is 0 Å². The second kappa shape index (κ2) is 6.12. The van der Waals surface area contributed by atoms with E-state index in [0.29, 0.717) is 35.4 Å². The van der Waals surface area contributed by atoms with Crippen LogP contribution < -0.4 is 9.47 Å². The number of fused-ring (bicyclic) bond motifs is 2. The Balaban J connectivity index is 2.61. The fraction of sp³-hybridized carbons (Fsp3) is 0.105. The summed E-state index contributed by atoms with van der Waals surface area (Å²) in [5.41, 5.74) is 0.274. The number of hydrogen-bond acceptors (Lipinski definition) is 5. The molecule has 0 spiro atoms. The molecule has 24 heavy (non-hydrogen) atoms. The van der Waals surface area contributed by atoms with E-state index in [-0.39, 0.29) is 22.4 Å². The van der Waals surface area contributed by atoms with Crippen LogP contribution in [0.3, 0.4) is 0 Å². The minimum absolute atomic E-state index is 0.0339. The lowest BCUT2D eigenvalue weighted by atomic mass is 9.92. The lowest BCUT2D eigenvalue weighted by Gasteiger charge is -2.15. The highest BCUT2D eigenvalue weighted by Gasteiger charge is 2.20. The van der Waals surface area contributed by atoms with Gasteiger partial charge in [0.25, 0.3) is 0 Å². The van der Waals surface area contributed by atoms with E-state index in [1.54, 1.807) is 19.2 Å². The minimum atomic E-state index is 0.0339. The fourth-order valence-corrected chi connectivity index (χ4v) is 3.03. The van der Waals surface area contributed by atoms with Gasteiger partial charge in [-0.2, -0.15) is 0 Å². The number of carbonyl (C=O) groups excluding carboxylic acids is 3. The summed E-state index contributed by atoms with van der Waals surface area (Å²) < 4.78 is 10.7. The van der Waals surface area contributed by atoms with E-state index in [1.807, 2.05) is 18.2 Å². The Kier molecular flexibility index (Phi) is 4.00. The molecule has 0 atom stereocenters. The number of hydrogen-bond donors (Lipinski definition) is 0. The van der Waals surface area contributed by atoms with Crippen LogP contribution in [0.1, 0.15) is 31.1 Å². The Labute approximate surface area is 137 Å². The van der Waals surface area contributed by atoms with Gasteiger partial charge in [0, 0.05) is 21.9 Å². The van der Waals surface area contributed by atoms with Crippen molar-refractivity contribution < 1.29 is 23.9 Å². The minimum Gasteiger partial charge on any atom is -0.496 e. The topological polar surface area (TPSA) is 69.7 Å². The Morgan fingerprint density at radius 1 is 0.750 bits per heavy atom. The van der Waals surface area contributed by atoms with Gasteiger partial charge < -0.3 is 9.47 Å². The zero-order valence-corrected chi connectivity index (χ0v) is 13.2. The summed E-state index contributed by atoms with van der Waals surface area (Å²) in [5, 5.41) is 2.79. The number of carbonyl (C=O) groups is 3. The van der Waals surface area contributed by atoms with Crippen LogP contribution in [0, 0.1) is 0 Å². The molecule has 0 saturated carbocycles. The summed E-state index contributed by atoms with van der Waals surface area (Å²) in [6.07, 6.45) is 1.62. The molecule has 0 aromatic heterocycles. The van der Waals surface area contributed by atoms with Gasteiger partial charge in [0.1, 0.15) is 11.5 Å². The van der Waals surface area contributed by atoms with Crippen LogP contribution in [0.2, 0.25) is 0 Å². The molecule has 0 aliphatic rings. The molecule has 0 amide bonds. The summed E-state index contributed by atoms with van der Waals surface area (Å²) in [7, 11) is 2.99. The average molecular weight is 322 g/mol. The van der Waals surface area contributed by atoms with Crippen LogP contribution >= 0.6 is 0 Å². The quantitative estimate of drug-likeness (QED) is 0.531. The lowest BCUT2D eigenvalue weighted by Crippen LogP contribution is -2.03. The van der Waals surface area contributed by atoms with Crippen molar-refractivity contribution >= 4 is 40.4 Å². The van der Waals surface area contributed by atoms with Gasteiger partial charge in [-0.25, -0.2) is 0 Å². The van der Waals surface area contributed by atoms with Crippen molar-refractivity contribution in [2.24, 2.45) is 0 Å². The van der Waals surface area contributed by atoms with Crippen LogP contribution in [0.5, 0.6) is 11.5 Å². The predicted octanol–water partition coefficient (Wildman–Crippen LogP) is 3.45. The van der Waals surface area contributed by atoms with E-state index in [2.05, 4.69) is 0 Å². The van der Waals surface area contributed by atoms with Crippen LogP contribution in [0.25, 0.3) is 21.5 Å². The molecular weight excluding hydrogens is 308 g/mol. The zero-order valence-electron chi connectivity index (χ0n) is 13.2. The van der Waals surface area contributed by atoms with Gasteiger partial charge >= 0.3 is 0 Å². The highest BCUT2D eigenvalue weighted by molar-refractivity contribution is 6.16. The van der Waals surface area contributed by atoms with Crippen molar-refractivity contribution in [3.05, 3.63) is 47.0 Å². The third-order valence-electron chi connectivity index (χ3n) is 4.12. The number of methoxy groups -OCH3 is 2. The fourth-order valence-electron chi connectivity index (χ4n) is 3.03. The van der Waals surface area contributed by atoms with Gasteiger partial charge in [0.2, 0.25) is 0 Å². The summed E-state index contributed by atoms with van der Waals surface area (Å²) in [6.45, 7) is 0. The van der Waals surface area contributed by atoms with E-state index in [4.69, 9.17) is 9.47 Å². The molecule has 3 aromatic carbocycles. The maximum absolute atomic E-state index is 11.6. The molecule has 0 aliphatic carbocycles. The third kappa shape index (κ3) is 2.13. The van der Waals surface area contributed by atoms with Crippen molar-refractivity contribution in [3.8, 4) is 11.5 Å². The van der Waals surface area contributed by atoms with Gasteiger partial charge in [-0.3, -0.25) is 14.4 Å². The highest BCUT2D eigenvalue weighted by Crippen LogP contribution is 2.38. The normalized spacial score (nSPS) is 10.6. The lowest BCUT2D eigenvalue weighted by molar-refractivity contribution is 0.108. The first kappa shape index (κ1) is 15.7. The first-order valence-electron chi connectivity index (χ1n) is 7.20. The Morgan fingerprint density at radius 3 is 2.04 bits per heavy atom. The molecule has 0 unspecified atom stereocenters. The van der Waals surface area contributed by atoms with Crippen LogP contribution in [0.15, 0.2) is 30.3 Å². The molecule has 0 fully saturated rings. The van der Waals surface area contributed by atoms with Crippen molar-refractivity contribution in [1.29, 1.82) is 0 Å². The second-order valence-electron chi connectivity index (χ2n) is 5.21. The SMILES string of the molecule is COc1cccc2cc3c(C=O)c(C=O)c(C=O)c(OC)c3cc12. The van der Waals surface area contributed by atoms with Gasteiger partial charge in [0.15, 0.2) is 18.9 Å². The summed E-state index contributed by atoms with van der Waals surface area (Å²) in [5.74, 6) is 0.928. The van der Waals surface area contributed by atoms with Crippen molar-refractivity contribution in [1.82, 2.24) is 0 Å². The Morgan fingerprint density at radius 2 is 1.46 bits per heavy atom. The van der Waals surface area contributed by atoms with Gasteiger partial charge in [0.05, 0.1) is 19.8 Å². The standard InChI is InChI=1S/C19H14O5/c1-23-18-5-3-4-11-6-13-14(7-12(11)18)19(24-2)17(10-22)16(9-21)15(13)8-20/h3-10H,1-2H3. The number of ether oxygens (including phenoxy) is 2. The van der Waals surface area contributed by atoms with Gasteiger partial charge in [-0.15, -0.1) is 0 Å². The first-order chi connectivity index (χ1) is 11.7. The van der Waals surface area contributed by atoms with Crippen LogP contribution in [-0.4, -0.2) is 33.1 Å². The largest absolute Gasteiger partial charge is 0.496 e. The molecule has 0 saturated heterocycles. The van der Waals surface area contributed by atoms with E-state index >= 15 is 0 Å². The summed E-state index contributed by atoms with van der Waals surface area (Å²) in [4.78, 5) is 34.5. The highest BCUT2D eigenvalue weighted by atomic mass is 16.5. The number of aldehydes is 3. The van der Waals surface area contributed by atoms with Crippen molar-refractivity contribution in [2.45, 2.75) is 0 Å². The van der Waals surface area contributed by atoms with E-state index in [1.165, 1.54) is 7.11 Å². The van der Waals surface area contributed by atoms with E-state index in [0.717, 1.165) is 10.8 Å². The monoisotopic (exact) mass is 322 g/mol. The third-order valence-corrected chi connectivity index (χ3v) is 4.12. The molecule has 0 aliphatic heterocycles. The van der Waals surface area contributed by atoms with Gasteiger partial charge in [-0.1, -0.05) is 12.1 Å². The molecule has 3 aromatic rings. The molecule has 0 N–H and O–H groups in total. The van der Waals surface area contributed by atoms with Crippen LogP contribution in [0.4, 0.5) is 0 Å². The average Bonchev–Trinajstić information content (AvgIpc) is 2.63. The Hall–Kier alpha value is -3.21. The van der Waals surface area contributed by atoms with Crippen LogP contribution in [-0.2, 0) is 0 Å². The zero-order chi connectivity index (χ0) is 17.3. The summed E-state index contributed by atoms with van der Waals surface area (Å²) in [6, 6.07) is 9.14. The first-order valence-corrected chi connectivity index (χ1v) is 7.20. The molecule has 0 heterocycles. The molecule has 5 nitrogen and oxygen atoms in total. The number of rotatable bonds is 5. The van der Waals surface area contributed by atoms with Gasteiger partial charge in [-0.05, 0) is 29.0 Å². The smallest absolute Gasteiger partial charge is 0.154 e. The maximum Gasteiger partial charge on any atom is 0.154 e. The van der Waals surface area contributed by atoms with E-state index in [9.17, 15) is 14.4 Å². The van der Waals surface area contributed by atoms with Crippen molar-refractivity contribution in [2.75, 3.05) is 14.2 Å². The maximum atomic E-state index is 11.6. The molecule has 0 bridgehead atoms.